The molecule has 0 unspecified atom stereocenters. The minimum Gasteiger partial charge on any atom is -0.379 e. The lowest BCUT2D eigenvalue weighted by Crippen LogP contribution is -2.12. The molecule has 2 heterocycles. The van der Waals surface area contributed by atoms with Crippen molar-refractivity contribution in [2.75, 3.05) is 23.8 Å². The van der Waals surface area contributed by atoms with E-state index in [-0.39, 0.29) is 0 Å². The van der Waals surface area contributed by atoms with Gasteiger partial charge in [0.15, 0.2) is 0 Å². The highest BCUT2D eigenvalue weighted by molar-refractivity contribution is 5.89. The molecule has 0 atom stereocenters. The Morgan fingerprint density at radius 2 is 2.24 bits per heavy atom. The monoisotopic (exact) mass is 278 g/mol. The second kappa shape index (κ2) is 4.81. The zero-order valence-corrected chi connectivity index (χ0v) is 12.1. The molecule has 2 aromatic carbocycles. The summed E-state index contributed by atoms with van der Waals surface area (Å²) in [5.41, 5.74) is 6.31. The smallest absolute Gasteiger partial charge is 0.0881 e. The highest BCUT2D eigenvalue weighted by Gasteiger charge is 2.15. The number of rotatable bonds is 3. The van der Waals surface area contributed by atoms with Crippen molar-refractivity contribution in [3.05, 3.63) is 53.7 Å². The molecule has 2 N–H and O–H groups in total. The van der Waals surface area contributed by atoms with Crippen molar-refractivity contribution in [2.45, 2.75) is 13.0 Å². The molecule has 1 aliphatic rings. The number of nitrogens with zero attached hydrogens (tertiary/aromatic N) is 2. The Morgan fingerprint density at radius 3 is 3.19 bits per heavy atom. The molecule has 0 bridgehead atoms. The molecule has 4 heteroatoms. The summed E-state index contributed by atoms with van der Waals surface area (Å²) in [7, 11) is 2.16. The molecule has 1 aliphatic heterocycles. The van der Waals surface area contributed by atoms with Crippen LogP contribution >= 0.6 is 0 Å². The molecule has 0 amide bonds. The zero-order valence-electron chi connectivity index (χ0n) is 12.1. The lowest BCUT2D eigenvalue weighted by atomic mass is 10.1. The maximum Gasteiger partial charge on any atom is 0.0881 e. The van der Waals surface area contributed by atoms with Crippen LogP contribution in [0.4, 0.5) is 11.4 Å². The van der Waals surface area contributed by atoms with Crippen LogP contribution < -0.4 is 10.2 Å². The Bertz CT molecular complexity index is 790. The number of likely N-dealkylation sites (N-methyl/N-ethyl adjacent to an activating group) is 1. The fourth-order valence-electron chi connectivity index (χ4n) is 3.04. The van der Waals surface area contributed by atoms with Crippen LogP contribution in [-0.2, 0) is 13.0 Å². The van der Waals surface area contributed by atoms with Crippen LogP contribution in [-0.4, -0.2) is 23.8 Å². The van der Waals surface area contributed by atoms with Gasteiger partial charge >= 0.3 is 0 Å². The van der Waals surface area contributed by atoms with Crippen molar-refractivity contribution >= 4 is 22.3 Å². The number of aromatic amines is 1. The van der Waals surface area contributed by atoms with E-state index in [1.54, 1.807) is 0 Å². The maximum absolute atomic E-state index is 4.10. The number of aromatic nitrogens is 2. The maximum atomic E-state index is 4.10. The van der Waals surface area contributed by atoms with E-state index in [1.165, 1.54) is 16.8 Å². The first-order valence-electron chi connectivity index (χ1n) is 7.30. The summed E-state index contributed by atoms with van der Waals surface area (Å²) in [4.78, 5) is 2.32. The summed E-state index contributed by atoms with van der Waals surface area (Å²) in [5, 5.41) is 11.8. The van der Waals surface area contributed by atoms with Gasteiger partial charge in [-0.3, -0.25) is 5.10 Å². The summed E-state index contributed by atoms with van der Waals surface area (Å²) in [5.74, 6) is 0. The SMILES string of the molecule is CN1CCc2cc(CNc3cccc4cn[nH]c34)ccc21. The standard InChI is InChI=1S/C17H18N4/c1-21-8-7-13-9-12(5-6-16(13)21)10-18-15-4-2-3-14-11-19-20-17(14)15/h2-6,9,11,18H,7-8,10H2,1H3,(H,19,20). The lowest BCUT2D eigenvalue weighted by Gasteiger charge is -2.13. The molecule has 0 spiro atoms. The summed E-state index contributed by atoms with van der Waals surface area (Å²) in [6.45, 7) is 1.95. The third-order valence-electron chi connectivity index (χ3n) is 4.23. The van der Waals surface area contributed by atoms with Gasteiger partial charge in [-0.1, -0.05) is 24.3 Å². The van der Waals surface area contributed by atoms with Gasteiger partial charge in [0.2, 0.25) is 0 Å². The van der Waals surface area contributed by atoms with Gasteiger partial charge in [-0.25, -0.2) is 0 Å². The quantitative estimate of drug-likeness (QED) is 0.773. The number of benzene rings is 2. The Hall–Kier alpha value is -2.49. The normalized spacial score (nSPS) is 13.7. The molecule has 3 aromatic rings. The van der Waals surface area contributed by atoms with E-state index >= 15 is 0 Å². The van der Waals surface area contributed by atoms with E-state index in [0.29, 0.717) is 0 Å². The first-order chi connectivity index (χ1) is 10.3. The molecule has 4 nitrogen and oxygen atoms in total. The Balaban J connectivity index is 1.56. The average Bonchev–Trinajstić information content (AvgIpc) is 3.12. The van der Waals surface area contributed by atoms with Gasteiger partial charge < -0.3 is 10.2 Å². The van der Waals surface area contributed by atoms with Crippen LogP contribution in [0.1, 0.15) is 11.1 Å². The van der Waals surface area contributed by atoms with E-state index in [1.807, 2.05) is 6.20 Å². The van der Waals surface area contributed by atoms with E-state index in [4.69, 9.17) is 0 Å². The molecule has 106 valence electrons. The van der Waals surface area contributed by atoms with Crippen molar-refractivity contribution in [3.63, 3.8) is 0 Å². The Morgan fingerprint density at radius 1 is 1.29 bits per heavy atom. The molecule has 0 saturated carbocycles. The van der Waals surface area contributed by atoms with Crippen molar-refractivity contribution in [3.8, 4) is 0 Å². The van der Waals surface area contributed by atoms with Crippen molar-refractivity contribution in [2.24, 2.45) is 0 Å². The first kappa shape index (κ1) is 12.3. The van der Waals surface area contributed by atoms with Crippen molar-refractivity contribution in [1.29, 1.82) is 0 Å². The number of hydrogen-bond acceptors (Lipinski definition) is 3. The van der Waals surface area contributed by atoms with Crippen molar-refractivity contribution < 1.29 is 0 Å². The van der Waals surface area contributed by atoms with Crippen LogP contribution in [0.5, 0.6) is 0 Å². The third kappa shape index (κ3) is 2.13. The van der Waals surface area contributed by atoms with Gasteiger partial charge in [-0.05, 0) is 29.7 Å². The number of fused-ring (bicyclic) bond motifs is 2. The van der Waals surface area contributed by atoms with Gasteiger partial charge in [0.1, 0.15) is 0 Å². The fourth-order valence-corrected chi connectivity index (χ4v) is 3.04. The number of para-hydroxylation sites is 1. The molecule has 0 saturated heterocycles. The summed E-state index contributed by atoms with van der Waals surface area (Å²) in [6.07, 6.45) is 3.00. The minimum absolute atomic E-state index is 0.828. The summed E-state index contributed by atoms with van der Waals surface area (Å²) in [6, 6.07) is 13.0. The number of nitrogens with one attached hydrogen (secondary N) is 2. The predicted octanol–water partition coefficient (Wildman–Crippen LogP) is 3.17. The van der Waals surface area contributed by atoms with E-state index in [9.17, 15) is 0 Å². The second-order valence-electron chi connectivity index (χ2n) is 5.63. The van der Waals surface area contributed by atoms with Crippen LogP contribution in [0.3, 0.4) is 0 Å². The minimum atomic E-state index is 0.828. The topological polar surface area (TPSA) is 44.0 Å². The molecule has 1 aromatic heterocycles. The number of H-pyrrole nitrogens is 1. The molecular formula is C17H18N4. The Kier molecular flexibility index (Phi) is 2.81. The molecule has 21 heavy (non-hydrogen) atoms. The zero-order chi connectivity index (χ0) is 14.2. The van der Waals surface area contributed by atoms with Crippen LogP contribution in [0, 0.1) is 0 Å². The van der Waals surface area contributed by atoms with Gasteiger partial charge in [-0.2, -0.15) is 5.10 Å². The van der Waals surface area contributed by atoms with E-state index < -0.39 is 0 Å². The van der Waals surface area contributed by atoms with Crippen LogP contribution in [0.25, 0.3) is 10.9 Å². The molecule has 4 rings (SSSR count). The largest absolute Gasteiger partial charge is 0.379 e. The van der Waals surface area contributed by atoms with Gasteiger partial charge in [0, 0.05) is 31.2 Å². The summed E-state index contributed by atoms with van der Waals surface area (Å²) >= 11 is 0. The van der Waals surface area contributed by atoms with E-state index in [0.717, 1.165) is 36.1 Å². The fraction of sp³-hybridized carbons (Fsp3) is 0.235. The molecule has 0 aliphatic carbocycles. The molecular weight excluding hydrogens is 260 g/mol. The van der Waals surface area contributed by atoms with Gasteiger partial charge in [-0.15, -0.1) is 0 Å². The average molecular weight is 278 g/mol. The molecule has 0 fully saturated rings. The van der Waals surface area contributed by atoms with Gasteiger partial charge in [0.25, 0.3) is 0 Å². The van der Waals surface area contributed by atoms with Crippen molar-refractivity contribution in [1.82, 2.24) is 10.2 Å². The second-order valence-corrected chi connectivity index (χ2v) is 5.63. The third-order valence-corrected chi connectivity index (χ3v) is 4.23. The van der Waals surface area contributed by atoms with Crippen LogP contribution in [0.2, 0.25) is 0 Å². The number of hydrogen-bond donors (Lipinski definition) is 2. The Labute approximate surface area is 123 Å². The van der Waals surface area contributed by atoms with Gasteiger partial charge in [0.05, 0.1) is 17.4 Å². The highest BCUT2D eigenvalue weighted by atomic mass is 15.1. The summed E-state index contributed by atoms with van der Waals surface area (Å²) < 4.78 is 0. The predicted molar refractivity (Wildman–Crippen MR) is 86.8 cm³/mol. The molecule has 0 radical (unpaired) electrons. The number of anilines is 2. The van der Waals surface area contributed by atoms with E-state index in [2.05, 4.69) is 63.9 Å². The lowest BCUT2D eigenvalue weighted by molar-refractivity contribution is 0.955. The van der Waals surface area contributed by atoms with Crippen LogP contribution in [0.15, 0.2) is 42.6 Å². The first-order valence-corrected chi connectivity index (χ1v) is 7.30. The highest BCUT2D eigenvalue weighted by Crippen LogP contribution is 2.28.